The van der Waals surface area contributed by atoms with Crippen LogP contribution in [-0.2, 0) is 17.8 Å². The molecule has 2 aliphatic heterocycles. The van der Waals surface area contributed by atoms with E-state index in [-0.39, 0.29) is 24.3 Å². The fraction of sp³-hybridized carbons (Fsp3) is 0.391. The smallest absolute Gasteiger partial charge is 0.252 e. The number of aryl methyl sites for hydroxylation is 1. The van der Waals surface area contributed by atoms with Gasteiger partial charge in [-0.15, -0.1) is 0 Å². The maximum Gasteiger partial charge on any atom is 0.252 e. The first-order valence-corrected chi connectivity index (χ1v) is 10.1. The zero-order chi connectivity index (χ0) is 20.4. The lowest BCUT2D eigenvalue weighted by molar-refractivity contribution is -0.114. The third-order valence-corrected chi connectivity index (χ3v) is 6.13. The molecule has 0 radical (unpaired) electrons. The molecule has 2 heterocycles. The van der Waals surface area contributed by atoms with Crippen molar-refractivity contribution >= 4 is 17.5 Å². The molecule has 0 bridgehead atoms. The van der Waals surface area contributed by atoms with Crippen LogP contribution in [0.1, 0.15) is 34.8 Å². The van der Waals surface area contributed by atoms with Crippen LogP contribution in [0.2, 0.25) is 0 Å². The number of rotatable bonds is 4. The summed E-state index contributed by atoms with van der Waals surface area (Å²) < 4.78 is 0. The van der Waals surface area contributed by atoms with Crippen LogP contribution in [0, 0.1) is 5.92 Å². The number of hydrogen-bond acceptors (Lipinski definition) is 4. The number of anilines is 1. The number of benzene rings is 2. The molecular weight excluding hydrogens is 366 g/mol. The summed E-state index contributed by atoms with van der Waals surface area (Å²) >= 11 is 0. The van der Waals surface area contributed by atoms with E-state index in [1.807, 2.05) is 48.5 Å². The molecule has 1 spiro atoms. The van der Waals surface area contributed by atoms with Gasteiger partial charge in [-0.25, -0.2) is 0 Å². The van der Waals surface area contributed by atoms with Gasteiger partial charge in [-0.2, -0.15) is 0 Å². The maximum atomic E-state index is 12.9. The number of carbonyl (C=O) groups is 2. The Hall–Kier alpha value is -2.70. The lowest BCUT2D eigenvalue weighted by Crippen LogP contribution is -2.54. The summed E-state index contributed by atoms with van der Waals surface area (Å²) in [5, 5.41) is 16.1. The van der Waals surface area contributed by atoms with Crippen molar-refractivity contribution in [1.82, 2.24) is 10.2 Å². The normalized spacial score (nSPS) is 24.1. The van der Waals surface area contributed by atoms with Crippen LogP contribution >= 0.6 is 0 Å². The second kappa shape index (κ2) is 7.97. The first-order valence-electron chi connectivity index (χ1n) is 10.1. The Labute approximate surface area is 170 Å². The van der Waals surface area contributed by atoms with Crippen molar-refractivity contribution in [3.05, 3.63) is 65.2 Å². The van der Waals surface area contributed by atoms with E-state index in [9.17, 15) is 14.7 Å². The van der Waals surface area contributed by atoms with Crippen LogP contribution in [-0.4, -0.2) is 47.1 Å². The highest BCUT2D eigenvalue weighted by Crippen LogP contribution is 2.35. The van der Waals surface area contributed by atoms with Gasteiger partial charge in [-0.3, -0.25) is 14.5 Å². The Morgan fingerprint density at radius 2 is 2.00 bits per heavy atom. The fourth-order valence-corrected chi connectivity index (χ4v) is 4.69. The van der Waals surface area contributed by atoms with Gasteiger partial charge < -0.3 is 15.7 Å². The molecule has 152 valence electrons. The Bertz CT molecular complexity index is 912. The number of nitrogens with zero attached hydrogens (tertiary/aromatic N) is 1. The van der Waals surface area contributed by atoms with Crippen LogP contribution in [0.5, 0.6) is 0 Å². The van der Waals surface area contributed by atoms with E-state index in [1.165, 1.54) is 6.92 Å². The highest BCUT2D eigenvalue weighted by Gasteiger charge is 2.48. The SMILES string of the molecule is CC(=O)Nc1ccc(CN2C[C@@H](CO)[C@@]3(CCc4ccccc4C(=O)N3)C2)cc1. The zero-order valence-corrected chi connectivity index (χ0v) is 16.6. The molecule has 3 N–H and O–H groups in total. The second-order valence-corrected chi connectivity index (χ2v) is 8.19. The summed E-state index contributed by atoms with van der Waals surface area (Å²) in [5.74, 6) is -0.132. The molecule has 6 nitrogen and oxygen atoms in total. The number of aliphatic hydroxyl groups excluding tert-OH is 1. The van der Waals surface area contributed by atoms with Crippen molar-refractivity contribution in [3.63, 3.8) is 0 Å². The molecule has 6 heteroatoms. The van der Waals surface area contributed by atoms with Gasteiger partial charge in [0.15, 0.2) is 0 Å². The van der Waals surface area contributed by atoms with Crippen molar-refractivity contribution in [1.29, 1.82) is 0 Å². The molecule has 1 saturated heterocycles. The summed E-state index contributed by atoms with van der Waals surface area (Å²) in [6.07, 6.45) is 1.64. The van der Waals surface area contributed by atoms with Crippen LogP contribution in [0.3, 0.4) is 0 Å². The summed E-state index contributed by atoms with van der Waals surface area (Å²) in [5.41, 5.74) is 3.32. The summed E-state index contributed by atoms with van der Waals surface area (Å²) in [6.45, 7) is 3.73. The Balaban J connectivity index is 1.49. The van der Waals surface area contributed by atoms with Gasteiger partial charge in [-0.05, 0) is 42.2 Å². The predicted molar refractivity (Wildman–Crippen MR) is 112 cm³/mol. The summed E-state index contributed by atoms with van der Waals surface area (Å²) in [7, 11) is 0. The maximum absolute atomic E-state index is 12.9. The molecule has 1 fully saturated rings. The molecule has 0 aromatic heterocycles. The highest BCUT2D eigenvalue weighted by molar-refractivity contribution is 5.96. The minimum Gasteiger partial charge on any atom is -0.396 e. The standard InChI is InChI=1S/C23H27N3O3/c1-16(28)24-20-8-6-17(7-9-20)12-26-13-19(14-27)23(15-26)11-10-18-4-2-3-5-21(18)22(29)25-23/h2-9,19,27H,10-15H2,1H3,(H,24,28)(H,25,29)/t19-,23+/m0/s1. The molecule has 2 atom stereocenters. The van der Waals surface area contributed by atoms with E-state index in [2.05, 4.69) is 15.5 Å². The van der Waals surface area contributed by atoms with Crippen molar-refractivity contribution < 1.29 is 14.7 Å². The molecule has 0 unspecified atom stereocenters. The van der Waals surface area contributed by atoms with E-state index in [1.54, 1.807) is 0 Å². The lowest BCUT2D eigenvalue weighted by atomic mass is 9.83. The number of likely N-dealkylation sites (tertiary alicyclic amines) is 1. The molecule has 4 rings (SSSR count). The van der Waals surface area contributed by atoms with E-state index in [0.717, 1.165) is 48.3 Å². The van der Waals surface area contributed by atoms with Crippen LogP contribution in [0.4, 0.5) is 5.69 Å². The zero-order valence-electron chi connectivity index (χ0n) is 16.6. The molecular formula is C23H27N3O3. The number of nitrogens with one attached hydrogen (secondary N) is 2. The summed E-state index contributed by atoms with van der Waals surface area (Å²) in [4.78, 5) is 26.3. The van der Waals surface area contributed by atoms with E-state index in [4.69, 9.17) is 0 Å². The van der Waals surface area contributed by atoms with Crippen molar-refractivity contribution in [2.24, 2.45) is 5.92 Å². The minimum atomic E-state index is -0.416. The van der Waals surface area contributed by atoms with Gasteiger partial charge in [0.25, 0.3) is 5.91 Å². The molecule has 2 aliphatic rings. The average Bonchev–Trinajstić information content (AvgIpc) is 2.97. The van der Waals surface area contributed by atoms with Crippen molar-refractivity contribution in [2.45, 2.75) is 31.8 Å². The van der Waals surface area contributed by atoms with Crippen LogP contribution < -0.4 is 10.6 Å². The third kappa shape index (κ3) is 4.04. The van der Waals surface area contributed by atoms with Crippen LogP contribution in [0.25, 0.3) is 0 Å². The predicted octanol–water partition coefficient (Wildman–Crippen LogP) is 2.18. The van der Waals surface area contributed by atoms with Crippen molar-refractivity contribution in [3.8, 4) is 0 Å². The lowest BCUT2D eigenvalue weighted by Gasteiger charge is -2.34. The van der Waals surface area contributed by atoms with Crippen molar-refractivity contribution in [2.75, 3.05) is 25.0 Å². The first-order chi connectivity index (χ1) is 14.0. The molecule has 0 saturated carbocycles. The Morgan fingerprint density at radius 3 is 2.72 bits per heavy atom. The van der Waals surface area contributed by atoms with Gasteiger partial charge in [0.1, 0.15) is 0 Å². The topological polar surface area (TPSA) is 81.7 Å². The van der Waals surface area contributed by atoms with Gasteiger partial charge in [0.05, 0.1) is 5.54 Å². The highest BCUT2D eigenvalue weighted by atomic mass is 16.3. The van der Waals surface area contributed by atoms with Gasteiger partial charge in [0, 0.05) is 50.3 Å². The Morgan fingerprint density at radius 1 is 1.24 bits per heavy atom. The van der Waals surface area contributed by atoms with E-state index < -0.39 is 5.54 Å². The number of aliphatic hydroxyl groups is 1. The van der Waals surface area contributed by atoms with E-state index in [0.29, 0.717) is 6.54 Å². The van der Waals surface area contributed by atoms with Gasteiger partial charge in [0.2, 0.25) is 5.91 Å². The fourth-order valence-electron chi connectivity index (χ4n) is 4.69. The number of amides is 2. The van der Waals surface area contributed by atoms with Gasteiger partial charge >= 0.3 is 0 Å². The van der Waals surface area contributed by atoms with Crippen LogP contribution in [0.15, 0.2) is 48.5 Å². The van der Waals surface area contributed by atoms with E-state index >= 15 is 0 Å². The molecule has 2 amide bonds. The second-order valence-electron chi connectivity index (χ2n) is 8.19. The number of carbonyl (C=O) groups excluding carboxylic acids is 2. The Kier molecular flexibility index (Phi) is 5.39. The average molecular weight is 393 g/mol. The molecule has 29 heavy (non-hydrogen) atoms. The molecule has 0 aliphatic carbocycles. The number of hydrogen-bond donors (Lipinski definition) is 3. The summed E-state index contributed by atoms with van der Waals surface area (Å²) in [6, 6.07) is 15.6. The molecule has 2 aromatic rings. The quantitative estimate of drug-likeness (QED) is 0.744. The largest absolute Gasteiger partial charge is 0.396 e. The third-order valence-electron chi connectivity index (χ3n) is 6.13. The molecule has 2 aromatic carbocycles. The monoisotopic (exact) mass is 393 g/mol. The number of fused-ring (bicyclic) bond motifs is 1. The van der Waals surface area contributed by atoms with Gasteiger partial charge in [-0.1, -0.05) is 30.3 Å². The first kappa shape index (κ1) is 19.6. The minimum absolute atomic E-state index is 0.000542.